The SMILES string of the molecule is CCn1cc(C(C)NCCc2ccc([N+](=O)[O-])cc2)cn1. The first-order valence-corrected chi connectivity index (χ1v) is 7.09. The molecule has 0 bridgehead atoms. The molecule has 0 aliphatic carbocycles. The molecule has 0 saturated carbocycles. The average Bonchev–Trinajstić information content (AvgIpc) is 2.96. The van der Waals surface area contributed by atoms with Crippen molar-refractivity contribution >= 4 is 5.69 Å². The maximum atomic E-state index is 10.6. The molecule has 0 amide bonds. The molecule has 0 saturated heterocycles. The van der Waals surface area contributed by atoms with Crippen LogP contribution in [-0.4, -0.2) is 21.2 Å². The van der Waals surface area contributed by atoms with E-state index in [1.165, 1.54) is 5.56 Å². The summed E-state index contributed by atoms with van der Waals surface area (Å²) in [6.45, 7) is 5.85. The molecule has 0 aliphatic heterocycles. The van der Waals surface area contributed by atoms with Crippen molar-refractivity contribution in [1.82, 2.24) is 15.1 Å². The molecule has 0 radical (unpaired) electrons. The van der Waals surface area contributed by atoms with Crippen LogP contribution in [0.5, 0.6) is 0 Å². The molecule has 1 heterocycles. The van der Waals surface area contributed by atoms with E-state index in [4.69, 9.17) is 0 Å². The molecule has 1 aromatic heterocycles. The van der Waals surface area contributed by atoms with Gasteiger partial charge < -0.3 is 5.32 Å². The Morgan fingerprint density at radius 3 is 2.67 bits per heavy atom. The molecule has 1 atom stereocenters. The third-order valence-corrected chi connectivity index (χ3v) is 3.49. The van der Waals surface area contributed by atoms with Crippen LogP contribution >= 0.6 is 0 Å². The van der Waals surface area contributed by atoms with E-state index in [0.29, 0.717) is 0 Å². The van der Waals surface area contributed by atoms with Crippen LogP contribution in [0.15, 0.2) is 36.7 Å². The minimum atomic E-state index is -0.379. The number of hydrogen-bond donors (Lipinski definition) is 1. The van der Waals surface area contributed by atoms with E-state index in [-0.39, 0.29) is 16.7 Å². The minimum Gasteiger partial charge on any atom is -0.310 e. The van der Waals surface area contributed by atoms with Gasteiger partial charge in [-0.1, -0.05) is 12.1 Å². The fourth-order valence-electron chi connectivity index (χ4n) is 2.11. The van der Waals surface area contributed by atoms with Crippen molar-refractivity contribution < 1.29 is 4.92 Å². The van der Waals surface area contributed by atoms with Crippen molar-refractivity contribution in [2.24, 2.45) is 0 Å². The smallest absolute Gasteiger partial charge is 0.269 e. The quantitative estimate of drug-likeness (QED) is 0.628. The molecule has 0 aliphatic rings. The number of aromatic nitrogens is 2. The van der Waals surface area contributed by atoms with Crippen molar-refractivity contribution in [3.63, 3.8) is 0 Å². The summed E-state index contributed by atoms with van der Waals surface area (Å²) in [5, 5.41) is 18.3. The lowest BCUT2D eigenvalue weighted by molar-refractivity contribution is -0.384. The normalized spacial score (nSPS) is 12.3. The number of nitrogens with zero attached hydrogens (tertiary/aromatic N) is 3. The maximum absolute atomic E-state index is 10.6. The van der Waals surface area contributed by atoms with Gasteiger partial charge in [-0.2, -0.15) is 5.10 Å². The van der Waals surface area contributed by atoms with E-state index in [1.54, 1.807) is 24.3 Å². The monoisotopic (exact) mass is 288 g/mol. The zero-order valence-corrected chi connectivity index (χ0v) is 12.3. The molecular formula is C15H20N4O2. The van der Waals surface area contributed by atoms with E-state index in [0.717, 1.165) is 25.1 Å². The predicted molar refractivity (Wildman–Crippen MR) is 81.1 cm³/mol. The van der Waals surface area contributed by atoms with Gasteiger partial charge in [-0.25, -0.2) is 0 Å². The van der Waals surface area contributed by atoms with Crippen LogP contribution in [-0.2, 0) is 13.0 Å². The second-order valence-corrected chi connectivity index (χ2v) is 4.98. The lowest BCUT2D eigenvalue weighted by Crippen LogP contribution is -2.21. The summed E-state index contributed by atoms with van der Waals surface area (Å²) in [6, 6.07) is 6.94. The number of rotatable bonds is 7. The number of non-ortho nitro benzene ring substituents is 1. The number of aryl methyl sites for hydroxylation is 1. The van der Waals surface area contributed by atoms with E-state index in [2.05, 4.69) is 24.3 Å². The Bertz CT molecular complexity index is 592. The summed E-state index contributed by atoms with van der Waals surface area (Å²) in [5.74, 6) is 0. The molecule has 112 valence electrons. The topological polar surface area (TPSA) is 73.0 Å². The molecule has 21 heavy (non-hydrogen) atoms. The largest absolute Gasteiger partial charge is 0.310 e. The van der Waals surface area contributed by atoms with Gasteiger partial charge in [-0.15, -0.1) is 0 Å². The van der Waals surface area contributed by atoms with Gasteiger partial charge in [0.25, 0.3) is 5.69 Å². The molecule has 1 aromatic carbocycles. The third kappa shape index (κ3) is 4.13. The Morgan fingerprint density at radius 1 is 1.38 bits per heavy atom. The minimum absolute atomic E-state index is 0.132. The highest BCUT2D eigenvalue weighted by Gasteiger charge is 2.08. The van der Waals surface area contributed by atoms with Gasteiger partial charge >= 0.3 is 0 Å². The Kier molecular flexibility index (Phi) is 5.05. The zero-order valence-electron chi connectivity index (χ0n) is 12.3. The lowest BCUT2D eigenvalue weighted by Gasteiger charge is -2.11. The summed E-state index contributed by atoms with van der Waals surface area (Å²) >= 11 is 0. The van der Waals surface area contributed by atoms with Gasteiger partial charge in [0.05, 0.1) is 11.1 Å². The summed E-state index contributed by atoms with van der Waals surface area (Å²) in [7, 11) is 0. The van der Waals surface area contributed by atoms with Crippen molar-refractivity contribution in [3.05, 3.63) is 57.9 Å². The second-order valence-electron chi connectivity index (χ2n) is 4.98. The van der Waals surface area contributed by atoms with Gasteiger partial charge in [0.2, 0.25) is 0 Å². The van der Waals surface area contributed by atoms with Crippen LogP contribution in [0.3, 0.4) is 0 Å². The second kappa shape index (κ2) is 6.99. The van der Waals surface area contributed by atoms with Gasteiger partial charge in [0.1, 0.15) is 0 Å². The molecule has 0 spiro atoms. The Labute approximate surface area is 123 Å². The Hall–Kier alpha value is -2.21. The molecule has 2 aromatic rings. The van der Waals surface area contributed by atoms with E-state index in [1.807, 2.05) is 17.1 Å². The van der Waals surface area contributed by atoms with Crippen molar-refractivity contribution in [3.8, 4) is 0 Å². The fraction of sp³-hybridized carbons (Fsp3) is 0.400. The number of nitro benzene ring substituents is 1. The molecular weight excluding hydrogens is 268 g/mol. The van der Waals surface area contributed by atoms with E-state index >= 15 is 0 Å². The predicted octanol–water partition coefficient (Wildman–Crippen LogP) is 2.70. The van der Waals surface area contributed by atoms with Crippen LogP contribution in [0.1, 0.15) is 31.0 Å². The number of nitro groups is 1. The van der Waals surface area contributed by atoms with Gasteiger partial charge in [0.15, 0.2) is 0 Å². The average molecular weight is 288 g/mol. The summed E-state index contributed by atoms with van der Waals surface area (Å²) < 4.78 is 1.91. The van der Waals surface area contributed by atoms with Crippen LogP contribution in [0.2, 0.25) is 0 Å². The van der Waals surface area contributed by atoms with Crippen LogP contribution in [0.4, 0.5) is 5.69 Å². The molecule has 1 N–H and O–H groups in total. The first-order valence-electron chi connectivity index (χ1n) is 7.09. The highest BCUT2D eigenvalue weighted by Crippen LogP contribution is 2.13. The summed E-state index contributed by atoms with van der Waals surface area (Å²) in [5.41, 5.74) is 2.39. The molecule has 0 fully saturated rings. The maximum Gasteiger partial charge on any atom is 0.269 e. The number of benzene rings is 1. The molecule has 6 nitrogen and oxygen atoms in total. The first kappa shape index (κ1) is 15.2. The van der Waals surface area contributed by atoms with Gasteiger partial charge in [-0.05, 0) is 32.4 Å². The zero-order chi connectivity index (χ0) is 15.2. The standard InChI is InChI=1S/C15H20N4O2/c1-3-18-11-14(10-17-18)12(2)16-9-8-13-4-6-15(7-5-13)19(20)21/h4-7,10-12,16H,3,8-9H2,1-2H3. The van der Waals surface area contributed by atoms with Crippen molar-refractivity contribution in [1.29, 1.82) is 0 Å². The third-order valence-electron chi connectivity index (χ3n) is 3.49. The molecule has 1 unspecified atom stereocenters. The van der Waals surface area contributed by atoms with Gasteiger partial charge in [0, 0.05) is 36.5 Å². The van der Waals surface area contributed by atoms with Crippen LogP contribution in [0, 0.1) is 10.1 Å². The Balaban J connectivity index is 1.82. The van der Waals surface area contributed by atoms with Crippen molar-refractivity contribution in [2.75, 3.05) is 6.54 Å². The fourth-order valence-corrected chi connectivity index (χ4v) is 2.11. The van der Waals surface area contributed by atoms with E-state index < -0.39 is 0 Å². The first-order chi connectivity index (χ1) is 10.1. The summed E-state index contributed by atoms with van der Waals surface area (Å²) in [4.78, 5) is 10.2. The Morgan fingerprint density at radius 2 is 2.10 bits per heavy atom. The van der Waals surface area contributed by atoms with Gasteiger partial charge in [-0.3, -0.25) is 14.8 Å². The van der Waals surface area contributed by atoms with Crippen LogP contribution < -0.4 is 5.32 Å². The number of nitrogens with one attached hydrogen (secondary N) is 1. The molecule has 2 rings (SSSR count). The highest BCUT2D eigenvalue weighted by atomic mass is 16.6. The number of hydrogen-bond acceptors (Lipinski definition) is 4. The lowest BCUT2D eigenvalue weighted by atomic mass is 10.1. The summed E-state index contributed by atoms with van der Waals surface area (Å²) in [6.07, 6.45) is 4.76. The molecule has 6 heteroatoms. The van der Waals surface area contributed by atoms with Crippen molar-refractivity contribution in [2.45, 2.75) is 32.9 Å². The van der Waals surface area contributed by atoms with Crippen LogP contribution in [0.25, 0.3) is 0 Å². The van der Waals surface area contributed by atoms with E-state index in [9.17, 15) is 10.1 Å². The highest BCUT2D eigenvalue weighted by molar-refractivity contribution is 5.32.